The summed E-state index contributed by atoms with van der Waals surface area (Å²) in [5, 5.41) is 14.8. The maximum Gasteiger partial charge on any atom is 0.249 e. The Morgan fingerprint density at radius 1 is 1.32 bits per heavy atom. The molecule has 6 heteroatoms. The summed E-state index contributed by atoms with van der Waals surface area (Å²) in [6.45, 7) is 0.280. The van der Waals surface area contributed by atoms with Gasteiger partial charge in [0.25, 0.3) is 0 Å². The smallest absolute Gasteiger partial charge is 0.249 e. The second-order valence-corrected chi connectivity index (χ2v) is 6.37. The number of aromatic nitrogens is 2. The van der Waals surface area contributed by atoms with Gasteiger partial charge < -0.3 is 10.8 Å². The van der Waals surface area contributed by atoms with E-state index in [1.54, 1.807) is 4.68 Å². The molecule has 3 N–H and O–H groups in total. The topological polar surface area (TPSA) is 81.1 Å². The molecule has 1 fully saturated rings. The van der Waals surface area contributed by atoms with E-state index >= 15 is 0 Å². The van der Waals surface area contributed by atoms with E-state index in [1.807, 2.05) is 12.1 Å². The molecule has 0 spiro atoms. The van der Waals surface area contributed by atoms with Crippen LogP contribution in [0.5, 0.6) is 0 Å². The molecule has 2 aromatic carbocycles. The van der Waals surface area contributed by atoms with Crippen LogP contribution in [0.2, 0.25) is 0 Å². The molecule has 1 heterocycles. The molecule has 0 saturated heterocycles. The number of amides is 1. The molecule has 0 atom stereocenters. The van der Waals surface area contributed by atoms with Crippen LogP contribution in [-0.4, -0.2) is 27.4 Å². The summed E-state index contributed by atoms with van der Waals surface area (Å²) in [5.74, 6) is -0.588. The van der Waals surface area contributed by atoms with E-state index in [-0.39, 0.29) is 12.2 Å². The quantitative estimate of drug-likeness (QED) is 0.750. The third-order valence-electron chi connectivity index (χ3n) is 4.63. The largest absolute Gasteiger partial charge is 0.394 e. The number of fused-ring (bicyclic) bond motifs is 1. The molecule has 1 aromatic heterocycles. The Morgan fingerprint density at radius 3 is 2.80 bits per heavy atom. The minimum atomic E-state index is -0.627. The maximum absolute atomic E-state index is 13.8. The lowest BCUT2D eigenvalue weighted by Crippen LogP contribution is -2.13. The molecule has 4 rings (SSSR count). The lowest BCUT2D eigenvalue weighted by molar-refractivity contribution is 0.100. The van der Waals surface area contributed by atoms with Crippen LogP contribution in [0, 0.1) is 5.82 Å². The SMILES string of the molecule is NC(=O)c1ccc(F)cc1-c1nn(CCO)c2c(C3CC3)cccc12. The summed E-state index contributed by atoms with van der Waals surface area (Å²) >= 11 is 0. The van der Waals surface area contributed by atoms with Crippen LogP contribution in [0.25, 0.3) is 22.2 Å². The van der Waals surface area contributed by atoms with E-state index in [0.29, 0.717) is 23.7 Å². The molecule has 0 radical (unpaired) electrons. The fraction of sp³-hybridized carbons (Fsp3) is 0.263. The Kier molecular flexibility index (Phi) is 3.77. The summed E-state index contributed by atoms with van der Waals surface area (Å²) < 4.78 is 15.6. The lowest BCUT2D eigenvalue weighted by atomic mass is 9.99. The van der Waals surface area contributed by atoms with Crippen molar-refractivity contribution in [2.24, 2.45) is 5.73 Å². The minimum Gasteiger partial charge on any atom is -0.394 e. The lowest BCUT2D eigenvalue weighted by Gasteiger charge is -2.06. The predicted molar refractivity (Wildman–Crippen MR) is 92.7 cm³/mol. The standard InChI is InChI=1S/C19H18FN3O2/c20-12-6-7-14(19(21)25)16(10-12)17-15-3-1-2-13(11-4-5-11)18(15)23(22-17)8-9-24/h1-3,6-7,10-11,24H,4-5,8-9H2,(H2,21,25). The number of aliphatic hydroxyl groups excluding tert-OH is 1. The van der Waals surface area contributed by atoms with E-state index in [0.717, 1.165) is 23.7 Å². The van der Waals surface area contributed by atoms with Crippen molar-refractivity contribution in [1.82, 2.24) is 9.78 Å². The third-order valence-corrected chi connectivity index (χ3v) is 4.63. The first kappa shape index (κ1) is 15.8. The highest BCUT2D eigenvalue weighted by Gasteiger charge is 2.28. The first-order chi connectivity index (χ1) is 12.1. The maximum atomic E-state index is 13.8. The van der Waals surface area contributed by atoms with E-state index < -0.39 is 11.7 Å². The summed E-state index contributed by atoms with van der Waals surface area (Å²) in [5.41, 5.74) is 8.71. The van der Waals surface area contributed by atoms with Gasteiger partial charge in [0.2, 0.25) is 5.91 Å². The summed E-state index contributed by atoms with van der Waals surface area (Å²) in [6, 6.07) is 9.82. The van der Waals surface area contributed by atoms with Crippen molar-refractivity contribution in [1.29, 1.82) is 0 Å². The molecule has 3 aromatic rings. The molecule has 0 bridgehead atoms. The van der Waals surface area contributed by atoms with Crippen molar-refractivity contribution in [2.75, 3.05) is 6.61 Å². The third kappa shape index (κ3) is 2.68. The number of hydrogen-bond acceptors (Lipinski definition) is 3. The fourth-order valence-corrected chi connectivity index (χ4v) is 3.37. The number of primary amides is 1. The van der Waals surface area contributed by atoms with Crippen LogP contribution in [-0.2, 0) is 6.54 Å². The second-order valence-electron chi connectivity index (χ2n) is 6.37. The number of carbonyl (C=O) groups excluding carboxylic acids is 1. The van der Waals surface area contributed by atoms with Gasteiger partial charge in [-0.15, -0.1) is 0 Å². The molecule has 5 nitrogen and oxygen atoms in total. The zero-order chi connectivity index (χ0) is 17.6. The van der Waals surface area contributed by atoms with Crippen LogP contribution in [0.4, 0.5) is 4.39 Å². The number of halogens is 1. The fourth-order valence-electron chi connectivity index (χ4n) is 3.37. The van der Waals surface area contributed by atoms with Gasteiger partial charge in [-0.2, -0.15) is 5.10 Å². The Labute approximate surface area is 143 Å². The van der Waals surface area contributed by atoms with Crippen molar-refractivity contribution in [3.05, 3.63) is 53.3 Å². The summed E-state index contributed by atoms with van der Waals surface area (Å²) in [6.07, 6.45) is 2.26. The average Bonchev–Trinajstić information content (AvgIpc) is 3.37. The Bertz CT molecular complexity index is 976. The molecule has 128 valence electrons. The highest BCUT2D eigenvalue weighted by Crippen LogP contribution is 2.44. The van der Waals surface area contributed by atoms with Crippen molar-refractivity contribution in [2.45, 2.75) is 25.3 Å². The second kappa shape index (κ2) is 5.97. The molecule has 1 amide bonds. The van der Waals surface area contributed by atoms with Gasteiger partial charge >= 0.3 is 0 Å². The monoisotopic (exact) mass is 339 g/mol. The molecule has 25 heavy (non-hydrogen) atoms. The number of aliphatic hydroxyl groups is 1. The average molecular weight is 339 g/mol. The highest BCUT2D eigenvalue weighted by atomic mass is 19.1. The van der Waals surface area contributed by atoms with Crippen LogP contribution >= 0.6 is 0 Å². The zero-order valence-corrected chi connectivity index (χ0v) is 13.6. The molecular formula is C19H18FN3O2. The summed E-state index contributed by atoms with van der Waals surface area (Å²) in [4.78, 5) is 11.8. The highest BCUT2D eigenvalue weighted by molar-refractivity contribution is 6.04. The van der Waals surface area contributed by atoms with Gasteiger partial charge in [0.15, 0.2) is 0 Å². The zero-order valence-electron chi connectivity index (χ0n) is 13.6. The minimum absolute atomic E-state index is 0.0545. The molecule has 1 aliphatic carbocycles. The number of benzene rings is 2. The molecule has 0 aliphatic heterocycles. The molecular weight excluding hydrogens is 321 g/mol. The van der Waals surface area contributed by atoms with Gasteiger partial charge in [-0.25, -0.2) is 4.39 Å². The normalized spacial score (nSPS) is 14.2. The number of nitrogens with two attached hydrogens (primary N) is 1. The van der Waals surface area contributed by atoms with Gasteiger partial charge in [-0.05, 0) is 42.5 Å². The van der Waals surface area contributed by atoms with Gasteiger partial charge in [0, 0.05) is 16.5 Å². The molecule has 1 saturated carbocycles. The number of carbonyl (C=O) groups is 1. The van der Waals surface area contributed by atoms with Gasteiger partial charge in [-0.3, -0.25) is 9.48 Å². The van der Waals surface area contributed by atoms with Crippen LogP contribution in [0.15, 0.2) is 36.4 Å². The Balaban J connectivity index is 2.02. The van der Waals surface area contributed by atoms with Crippen molar-refractivity contribution >= 4 is 16.8 Å². The van der Waals surface area contributed by atoms with E-state index in [4.69, 9.17) is 5.73 Å². The van der Waals surface area contributed by atoms with E-state index in [9.17, 15) is 14.3 Å². The van der Waals surface area contributed by atoms with Gasteiger partial charge in [0.1, 0.15) is 11.5 Å². The number of hydrogen-bond donors (Lipinski definition) is 2. The van der Waals surface area contributed by atoms with Crippen molar-refractivity contribution < 1.29 is 14.3 Å². The number of nitrogens with zero attached hydrogens (tertiary/aromatic N) is 2. The van der Waals surface area contributed by atoms with Gasteiger partial charge in [0.05, 0.1) is 18.7 Å². The van der Waals surface area contributed by atoms with Crippen molar-refractivity contribution in [3.63, 3.8) is 0 Å². The van der Waals surface area contributed by atoms with Gasteiger partial charge in [-0.1, -0.05) is 18.2 Å². The summed E-state index contributed by atoms with van der Waals surface area (Å²) in [7, 11) is 0. The molecule has 0 unspecified atom stereocenters. The van der Waals surface area contributed by atoms with Crippen LogP contribution in [0.1, 0.15) is 34.7 Å². The van der Waals surface area contributed by atoms with Crippen LogP contribution < -0.4 is 5.73 Å². The molecule has 1 aliphatic rings. The Morgan fingerprint density at radius 2 is 2.12 bits per heavy atom. The first-order valence-electron chi connectivity index (χ1n) is 8.30. The van der Waals surface area contributed by atoms with E-state index in [1.165, 1.54) is 23.8 Å². The number of para-hydroxylation sites is 1. The first-order valence-corrected chi connectivity index (χ1v) is 8.30. The number of rotatable bonds is 5. The predicted octanol–water partition coefficient (Wildman–Crippen LogP) is 2.81. The Hall–Kier alpha value is -2.73. The van der Waals surface area contributed by atoms with Crippen molar-refractivity contribution in [3.8, 4) is 11.3 Å². The van der Waals surface area contributed by atoms with E-state index in [2.05, 4.69) is 11.2 Å². The van der Waals surface area contributed by atoms with Crippen LogP contribution in [0.3, 0.4) is 0 Å².